The number of rotatable bonds is 11. The second-order valence-corrected chi connectivity index (χ2v) is 11.4. The number of piperazine rings is 1. The molecule has 1 aromatic heterocycles. The number of halogens is 1. The van der Waals surface area contributed by atoms with Crippen LogP contribution in [0.3, 0.4) is 0 Å². The predicted octanol–water partition coefficient (Wildman–Crippen LogP) is 4.01. The lowest BCUT2D eigenvalue weighted by Gasteiger charge is -2.47. The largest absolute Gasteiger partial charge is 0.382 e. The molecule has 0 bridgehead atoms. The highest BCUT2D eigenvalue weighted by atomic mass is 35.5. The molecule has 0 radical (unpaired) electrons. The van der Waals surface area contributed by atoms with Crippen molar-refractivity contribution < 1.29 is 0 Å². The molecule has 0 spiro atoms. The fourth-order valence-electron chi connectivity index (χ4n) is 5.56. The summed E-state index contributed by atoms with van der Waals surface area (Å²) in [6, 6.07) is 10.0. The van der Waals surface area contributed by atoms with Gasteiger partial charge in [-0.3, -0.25) is 14.5 Å². The Morgan fingerprint density at radius 1 is 1.13 bits per heavy atom. The standard InChI is InChI=1S/C28H43ClN8S/c1-5-23-19-36(28-26(29)33-25(27(30)34-28)21(3)31-12-13-32-38-4)16-17-37(23)24-10-14-35(15-11-24)18-22-8-6-20(2)7-9-22/h6-9,23-24,31-32H,3,5,10-19H2,1-2,4H3,(H2,30,34). The molecule has 0 saturated carbocycles. The Hall–Kier alpha value is -2.04. The number of benzene rings is 1. The molecule has 3 heterocycles. The number of aromatic nitrogens is 2. The van der Waals surface area contributed by atoms with Gasteiger partial charge in [0.15, 0.2) is 16.8 Å². The fraction of sp³-hybridized carbons (Fsp3) is 0.571. The minimum absolute atomic E-state index is 0.358. The maximum Gasteiger partial charge on any atom is 0.172 e. The van der Waals surface area contributed by atoms with Crippen molar-refractivity contribution in [2.24, 2.45) is 0 Å². The normalized spacial score (nSPS) is 19.6. The average molecular weight is 559 g/mol. The molecule has 10 heteroatoms. The van der Waals surface area contributed by atoms with Crippen molar-refractivity contribution in [3.63, 3.8) is 0 Å². The minimum atomic E-state index is 0.358. The number of hydrogen-bond acceptors (Lipinski definition) is 9. The van der Waals surface area contributed by atoms with Crippen molar-refractivity contribution in [3.05, 3.63) is 52.8 Å². The van der Waals surface area contributed by atoms with Gasteiger partial charge in [-0.25, -0.2) is 9.97 Å². The second-order valence-electron chi connectivity index (χ2n) is 10.3. The van der Waals surface area contributed by atoms with Gasteiger partial charge in [-0.15, -0.1) is 0 Å². The van der Waals surface area contributed by atoms with Gasteiger partial charge in [0, 0.05) is 51.4 Å². The van der Waals surface area contributed by atoms with Crippen molar-refractivity contribution in [1.29, 1.82) is 0 Å². The number of nitrogens with one attached hydrogen (secondary N) is 2. The summed E-state index contributed by atoms with van der Waals surface area (Å²) in [5.41, 5.74) is 10.2. The number of nitrogens with zero attached hydrogens (tertiary/aromatic N) is 5. The first-order valence-corrected chi connectivity index (χ1v) is 15.3. The molecule has 4 rings (SSSR count). The molecule has 2 fully saturated rings. The quantitative estimate of drug-likeness (QED) is 0.280. The van der Waals surface area contributed by atoms with E-state index in [1.54, 1.807) is 11.9 Å². The lowest BCUT2D eigenvalue weighted by molar-refractivity contribution is 0.0610. The zero-order chi connectivity index (χ0) is 27.1. The molecular weight excluding hydrogens is 516 g/mol. The van der Waals surface area contributed by atoms with E-state index in [-0.39, 0.29) is 0 Å². The van der Waals surface area contributed by atoms with Crippen molar-refractivity contribution >= 4 is 40.9 Å². The molecule has 1 atom stereocenters. The van der Waals surface area contributed by atoms with Crippen molar-refractivity contribution in [2.75, 3.05) is 62.7 Å². The van der Waals surface area contributed by atoms with E-state index in [0.29, 0.717) is 46.8 Å². The molecule has 4 N–H and O–H groups in total. The second kappa shape index (κ2) is 13.8. The van der Waals surface area contributed by atoms with Crippen LogP contribution in [-0.2, 0) is 6.54 Å². The third kappa shape index (κ3) is 7.33. The summed E-state index contributed by atoms with van der Waals surface area (Å²) < 4.78 is 3.19. The summed E-state index contributed by atoms with van der Waals surface area (Å²) in [7, 11) is 0. The monoisotopic (exact) mass is 558 g/mol. The van der Waals surface area contributed by atoms with Gasteiger partial charge < -0.3 is 16.0 Å². The van der Waals surface area contributed by atoms with E-state index in [4.69, 9.17) is 17.3 Å². The van der Waals surface area contributed by atoms with Gasteiger partial charge in [0.05, 0.1) is 5.70 Å². The first kappa shape index (κ1) is 29.0. The Kier molecular flexibility index (Phi) is 10.6. The smallest absolute Gasteiger partial charge is 0.172 e. The molecule has 2 aliphatic heterocycles. The predicted molar refractivity (Wildman–Crippen MR) is 162 cm³/mol. The van der Waals surface area contributed by atoms with E-state index in [0.717, 1.165) is 52.2 Å². The molecule has 2 aliphatic rings. The number of hydrogen-bond donors (Lipinski definition) is 3. The maximum absolute atomic E-state index is 6.66. The van der Waals surface area contributed by atoms with Crippen LogP contribution in [0.1, 0.15) is 43.0 Å². The summed E-state index contributed by atoms with van der Waals surface area (Å²) in [6.07, 6.45) is 5.51. The van der Waals surface area contributed by atoms with Crippen LogP contribution < -0.4 is 20.7 Å². The van der Waals surface area contributed by atoms with Gasteiger partial charge in [0.25, 0.3) is 0 Å². The lowest BCUT2D eigenvalue weighted by Crippen LogP contribution is -2.58. The van der Waals surface area contributed by atoms with Gasteiger partial charge in [-0.1, -0.05) is 66.9 Å². The van der Waals surface area contributed by atoms with Crippen LogP contribution in [0.15, 0.2) is 30.8 Å². The highest BCUT2D eigenvalue weighted by Crippen LogP contribution is 2.31. The molecule has 1 unspecified atom stereocenters. The first-order chi connectivity index (χ1) is 18.4. The minimum Gasteiger partial charge on any atom is -0.382 e. The zero-order valence-electron chi connectivity index (χ0n) is 23.0. The number of nitrogens with two attached hydrogens (primary N) is 1. The van der Waals surface area contributed by atoms with E-state index in [1.165, 1.54) is 24.0 Å². The van der Waals surface area contributed by atoms with Gasteiger partial charge in [-0.05, 0) is 51.1 Å². The first-order valence-electron chi connectivity index (χ1n) is 13.7. The van der Waals surface area contributed by atoms with Crippen molar-refractivity contribution in [3.8, 4) is 0 Å². The number of anilines is 2. The summed E-state index contributed by atoms with van der Waals surface area (Å²) in [5, 5.41) is 3.62. The van der Waals surface area contributed by atoms with Crippen LogP contribution in [-0.4, -0.2) is 83.9 Å². The Morgan fingerprint density at radius 3 is 2.55 bits per heavy atom. The van der Waals surface area contributed by atoms with E-state index in [1.807, 2.05) is 6.26 Å². The highest BCUT2D eigenvalue weighted by Gasteiger charge is 2.34. The zero-order valence-corrected chi connectivity index (χ0v) is 24.6. The van der Waals surface area contributed by atoms with Crippen LogP contribution in [0.2, 0.25) is 5.15 Å². The number of nitrogen functional groups attached to an aromatic ring is 1. The summed E-state index contributed by atoms with van der Waals surface area (Å²) >= 11 is 8.23. The molecule has 8 nitrogen and oxygen atoms in total. The van der Waals surface area contributed by atoms with E-state index >= 15 is 0 Å². The molecule has 0 aliphatic carbocycles. The van der Waals surface area contributed by atoms with E-state index in [9.17, 15) is 0 Å². The van der Waals surface area contributed by atoms with Crippen LogP contribution in [0.5, 0.6) is 0 Å². The third-order valence-electron chi connectivity index (χ3n) is 7.71. The van der Waals surface area contributed by atoms with Crippen LogP contribution in [0.25, 0.3) is 5.70 Å². The molecule has 208 valence electrons. The van der Waals surface area contributed by atoms with Gasteiger partial charge in [-0.2, -0.15) is 0 Å². The van der Waals surface area contributed by atoms with Crippen LogP contribution in [0.4, 0.5) is 11.6 Å². The molecular formula is C28H43ClN8S. The molecule has 2 saturated heterocycles. The molecule has 0 amide bonds. The summed E-state index contributed by atoms with van der Waals surface area (Å²) in [4.78, 5) is 16.9. The summed E-state index contributed by atoms with van der Waals surface area (Å²) in [5.74, 6) is 1.03. The number of piperidine rings is 1. The Labute approximate surface area is 237 Å². The Balaban J connectivity index is 1.33. The number of likely N-dealkylation sites (tertiary alicyclic amines) is 1. The van der Waals surface area contributed by atoms with Crippen molar-refractivity contribution in [1.82, 2.24) is 29.8 Å². The van der Waals surface area contributed by atoms with Crippen LogP contribution in [0, 0.1) is 6.92 Å². The summed E-state index contributed by atoms with van der Waals surface area (Å²) in [6.45, 7) is 16.1. The topological polar surface area (TPSA) is 85.6 Å². The SMILES string of the molecule is C=C(NCCNSC)c1nc(Cl)c(N2CCN(C3CCN(Cc4ccc(C)cc4)CC3)C(CC)C2)nc1N. The molecule has 38 heavy (non-hydrogen) atoms. The van der Waals surface area contributed by atoms with Crippen LogP contribution >= 0.6 is 23.5 Å². The maximum atomic E-state index is 6.66. The Bertz CT molecular complexity index is 1060. The lowest BCUT2D eigenvalue weighted by atomic mass is 9.98. The average Bonchev–Trinajstić information content (AvgIpc) is 2.93. The van der Waals surface area contributed by atoms with Gasteiger partial charge in [0.1, 0.15) is 5.69 Å². The molecule has 1 aromatic carbocycles. The molecule has 2 aromatic rings. The van der Waals surface area contributed by atoms with Gasteiger partial charge in [0.2, 0.25) is 0 Å². The Morgan fingerprint density at radius 2 is 1.87 bits per heavy atom. The fourth-order valence-corrected chi connectivity index (χ4v) is 6.11. The highest BCUT2D eigenvalue weighted by molar-refractivity contribution is 7.96. The van der Waals surface area contributed by atoms with Crippen molar-refractivity contribution in [2.45, 2.75) is 51.7 Å². The number of aryl methyl sites for hydroxylation is 1. The van der Waals surface area contributed by atoms with E-state index in [2.05, 4.69) is 79.4 Å². The van der Waals surface area contributed by atoms with Gasteiger partial charge >= 0.3 is 0 Å². The third-order valence-corrected chi connectivity index (χ3v) is 8.46. The van der Waals surface area contributed by atoms with E-state index < -0.39 is 0 Å².